The zero-order chi connectivity index (χ0) is 29.5. The SMILES string of the molecule is C=C(c1ncc(-c2cccc(NC(=C/C(N)=NC(=O)C3CC3)/C(N)=C\O)c2OC)cc1F)N(C)CC1=CCCC=C1. The average molecular weight is 559 g/mol. The van der Waals surface area contributed by atoms with E-state index in [2.05, 4.69) is 40.1 Å². The van der Waals surface area contributed by atoms with E-state index in [1.54, 1.807) is 24.4 Å². The van der Waals surface area contributed by atoms with Crippen LogP contribution in [0.1, 0.15) is 31.4 Å². The number of anilines is 1. The summed E-state index contributed by atoms with van der Waals surface area (Å²) in [4.78, 5) is 22.2. The molecule has 214 valence electrons. The number of para-hydroxylation sites is 1. The van der Waals surface area contributed by atoms with Gasteiger partial charge in [-0.15, -0.1) is 0 Å². The number of rotatable bonds is 11. The van der Waals surface area contributed by atoms with Crippen LogP contribution in [0.4, 0.5) is 10.1 Å². The van der Waals surface area contributed by atoms with Gasteiger partial charge in [-0.05, 0) is 43.4 Å². The largest absolute Gasteiger partial charge is 0.513 e. The Morgan fingerprint density at radius 2 is 2.12 bits per heavy atom. The van der Waals surface area contributed by atoms with Crippen molar-refractivity contribution >= 4 is 23.1 Å². The van der Waals surface area contributed by atoms with E-state index in [1.807, 2.05) is 11.9 Å². The third kappa shape index (κ3) is 7.21. The maximum absolute atomic E-state index is 15.4. The fourth-order valence-electron chi connectivity index (χ4n) is 4.35. The van der Waals surface area contributed by atoms with E-state index in [9.17, 15) is 9.90 Å². The monoisotopic (exact) mass is 558 g/mol. The third-order valence-electron chi connectivity index (χ3n) is 6.77. The molecule has 1 saturated carbocycles. The van der Waals surface area contributed by atoms with Gasteiger partial charge in [0.15, 0.2) is 5.82 Å². The molecule has 41 heavy (non-hydrogen) atoms. The summed E-state index contributed by atoms with van der Waals surface area (Å²) < 4.78 is 21.1. The molecule has 10 heteroatoms. The number of amidine groups is 1. The van der Waals surface area contributed by atoms with Gasteiger partial charge in [-0.25, -0.2) is 4.39 Å². The summed E-state index contributed by atoms with van der Waals surface area (Å²) in [5.41, 5.74) is 15.3. The number of halogens is 1. The van der Waals surface area contributed by atoms with Crippen LogP contribution in [0.3, 0.4) is 0 Å². The summed E-state index contributed by atoms with van der Waals surface area (Å²) >= 11 is 0. The molecule has 4 rings (SSSR count). The minimum absolute atomic E-state index is 0.0475. The number of carbonyl (C=O) groups excluding carboxylic acids is 1. The van der Waals surface area contributed by atoms with Gasteiger partial charge in [0.2, 0.25) is 0 Å². The highest BCUT2D eigenvalue weighted by Gasteiger charge is 2.29. The van der Waals surface area contributed by atoms with Gasteiger partial charge in [-0.2, -0.15) is 4.99 Å². The molecule has 0 saturated heterocycles. The minimum atomic E-state index is -0.523. The Bertz CT molecular complexity index is 1490. The van der Waals surface area contributed by atoms with Crippen molar-refractivity contribution in [2.75, 3.05) is 26.0 Å². The van der Waals surface area contributed by atoms with E-state index in [0.717, 1.165) is 31.3 Å². The number of carbonyl (C=O) groups is 1. The van der Waals surface area contributed by atoms with Crippen LogP contribution in [0.2, 0.25) is 0 Å². The summed E-state index contributed by atoms with van der Waals surface area (Å²) in [6, 6.07) is 6.61. The lowest BCUT2D eigenvalue weighted by Crippen LogP contribution is -2.20. The van der Waals surface area contributed by atoms with E-state index >= 15 is 4.39 Å². The Balaban J connectivity index is 1.60. The summed E-state index contributed by atoms with van der Waals surface area (Å²) in [6.45, 7) is 4.67. The molecule has 1 aromatic heterocycles. The predicted molar refractivity (Wildman–Crippen MR) is 160 cm³/mol. The number of aliphatic hydroxyl groups excluding tert-OH is 1. The van der Waals surface area contributed by atoms with Crippen LogP contribution in [0.25, 0.3) is 16.8 Å². The van der Waals surface area contributed by atoms with Crippen LogP contribution in [0, 0.1) is 11.7 Å². The molecule has 1 heterocycles. The van der Waals surface area contributed by atoms with Crippen LogP contribution in [-0.4, -0.2) is 47.4 Å². The maximum Gasteiger partial charge on any atom is 0.250 e. The zero-order valence-electron chi connectivity index (χ0n) is 23.2. The maximum atomic E-state index is 15.4. The minimum Gasteiger partial charge on any atom is -0.513 e. The Kier molecular flexibility index (Phi) is 9.23. The third-order valence-corrected chi connectivity index (χ3v) is 6.77. The number of benzene rings is 1. The number of methoxy groups -OCH3 is 1. The highest BCUT2D eigenvalue weighted by molar-refractivity contribution is 6.02. The number of nitrogens with zero attached hydrogens (tertiary/aromatic N) is 3. The van der Waals surface area contributed by atoms with E-state index < -0.39 is 5.82 Å². The lowest BCUT2D eigenvalue weighted by molar-refractivity contribution is -0.118. The molecule has 2 aromatic rings. The number of aromatic nitrogens is 1. The Morgan fingerprint density at radius 3 is 2.76 bits per heavy atom. The molecule has 0 unspecified atom stereocenters. The molecule has 9 nitrogen and oxygen atoms in total. The van der Waals surface area contributed by atoms with Gasteiger partial charge in [0, 0.05) is 42.9 Å². The molecule has 1 aromatic carbocycles. The van der Waals surface area contributed by atoms with Gasteiger partial charge in [-0.3, -0.25) is 9.78 Å². The van der Waals surface area contributed by atoms with E-state index in [-0.39, 0.29) is 34.7 Å². The summed E-state index contributed by atoms with van der Waals surface area (Å²) in [5, 5.41) is 12.6. The smallest absolute Gasteiger partial charge is 0.250 e. The second-order valence-corrected chi connectivity index (χ2v) is 9.92. The zero-order valence-corrected chi connectivity index (χ0v) is 23.2. The first-order chi connectivity index (χ1) is 19.7. The average Bonchev–Trinajstić information content (AvgIpc) is 3.82. The van der Waals surface area contributed by atoms with Crippen molar-refractivity contribution in [2.24, 2.45) is 22.4 Å². The number of ether oxygens (including phenoxy) is 1. The number of aliphatic imine (C=N–C) groups is 1. The number of pyridine rings is 1. The second-order valence-electron chi connectivity index (χ2n) is 9.92. The Hall–Kier alpha value is -4.86. The van der Waals surface area contributed by atoms with Crippen LogP contribution >= 0.6 is 0 Å². The van der Waals surface area contributed by atoms with Crippen molar-refractivity contribution in [3.05, 3.63) is 96.1 Å². The first kappa shape index (κ1) is 29.1. The fraction of sp³-hybridized carbons (Fsp3) is 0.258. The van der Waals surface area contributed by atoms with Gasteiger partial charge in [0.05, 0.1) is 29.9 Å². The molecule has 2 aliphatic carbocycles. The van der Waals surface area contributed by atoms with Gasteiger partial charge in [0.25, 0.3) is 5.91 Å². The Labute approximate surface area is 239 Å². The van der Waals surface area contributed by atoms with Crippen molar-refractivity contribution in [1.29, 1.82) is 0 Å². The number of nitrogens with one attached hydrogen (secondary N) is 1. The van der Waals surface area contributed by atoms with Crippen molar-refractivity contribution in [3.8, 4) is 16.9 Å². The van der Waals surface area contributed by atoms with Gasteiger partial charge >= 0.3 is 0 Å². The molecule has 0 atom stereocenters. The molecular formula is C31H35FN6O3. The van der Waals surface area contributed by atoms with Crippen molar-refractivity contribution in [3.63, 3.8) is 0 Å². The summed E-state index contributed by atoms with van der Waals surface area (Å²) in [6.07, 6.45) is 13.6. The molecule has 0 bridgehead atoms. The van der Waals surface area contributed by atoms with E-state index in [1.165, 1.54) is 19.3 Å². The summed E-state index contributed by atoms with van der Waals surface area (Å²) in [7, 11) is 3.34. The van der Waals surface area contributed by atoms with Crippen LogP contribution in [0.5, 0.6) is 5.75 Å². The molecule has 0 radical (unpaired) electrons. The molecule has 1 amide bonds. The lowest BCUT2D eigenvalue weighted by atomic mass is 10.0. The van der Waals surface area contributed by atoms with Gasteiger partial charge in [0.1, 0.15) is 23.5 Å². The second kappa shape index (κ2) is 13.0. The van der Waals surface area contributed by atoms with Gasteiger partial charge in [-0.1, -0.05) is 36.9 Å². The molecule has 0 spiro atoms. The highest BCUT2D eigenvalue weighted by atomic mass is 19.1. The molecule has 6 N–H and O–H groups in total. The van der Waals surface area contributed by atoms with Crippen molar-refractivity contribution < 1.29 is 19.0 Å². The summed E-state index contributed by atoms with van der Waals surface area (Å²) in [5.74, 6) is -0.601. The van der Waals surface area contributed by atoms with E-state index in [4.69, 9.17) is 16.2 Å². The fourth-order valence-corrected chi connectivity index (χ4v) is 4.35. The van der Waals surface area contributed by atoms with Crippen LogP contribution in [0.15, 0.2) is 89.6 Å². The van der Waals surface area contributed by atoms with Gasteiger partial charge < -0.3 is 31.5 Å². The number of likely N-dealkylation sites (N-methyl/N-ethyl adjacent to an activating group) is 1. The number of allylic oxidation sites excluding steroid dienone is 2. The quantitative estimate of drug-likeness (QED) is 0.130. The predicted octanol–water partition coefficient (Wildman–Crippen LogP) is 5.02. The molecule has 2 aliphatic rings. The van der Waals surface area contributed by atoms with Crippen molar-refractivity contribution in [2.45, 2.75) is 25.7 Å². The molecular weight excluding hydrogens is 523 g/mol. The van der Waals surface area contributed by atoms with E-state index in [0.29, 0.717) is 41.1 Å². The van der Waals surface area contributed by atoms with Crippen LogP contribution in [-0.2, 0) is 4.79 Å². The molecule has 0 aliphatic heterocycles. The number of aliphatic hydroxyl groups is 1. The van der Waals surface area contributed by atoms with Crippen molar-refractivity contribution in [1.82, 2.24) is 9.88 Å². The van der Waals surface area contributed by atoms with Crippen LogP contribution < -0.4 is 21.5 Å². The first-order valence-corrected chi connectivity index (χ1v) is 13.3. The standard InChI is InChI=1S/C31H35FN6O3/c1-19(38(2)17-20-8-5-4-6-9-20)29-24(32)14-22(16-35-29)23-10-7-11-26(30(23)41-3)36-27(25(33)18-39)15-28(34)37-31(40)21-12-13-21/h5,7-11,14-16,18,21,36,39H,1,4,6,12-13,17,33H2,2-3H3,(H2,34,37,40)/b25-18+,27-15+. The Morgan fingerprint density at radius 1 is 1.34 bits per heavy atom. The first-order valence-electron chi connectivity index (χ1n) is 13.3. The topological polar surface area (TPSA) is 139 Å². The number of amides is 1. The normalized spacial score (nSPS) is 15.8. The number of nitrogens with two attached hydrogens (primary N) is 2. The molecule has 1 fully saturated rings. The number of hydrogen-bond donors (Lipinski definition) is 4. The highest BCUT2D eigenvalue weighted by Crippen LogP contribution is 2.38. The number of hydrogen-bond acceptors (Lipinski definition) is 7. The lowest BCUT2D eigenvalue weighted by Gasteiger charge is -2.23.